The summed E-state index contributed by atoms with van der Waals surface area (Å²) in [6.07, 6.45) is 3.10. The molecule has 2 heterocycles. The molecule has 25 heavy (non-hydrogen) atoms. The first kappa shape index (κ1) is 18.6. The molecule has 1 N–H and O–H groups in total. The molecule has 136 valence electrons. The SMILES string of the molecule is CCC(C(=O)O)[C@H]1[C@H]2OC(C)(C)O[C@H]2O[C@H]1C=Cc1ccc(Br)cc1. The minimum atomic E-state index is -0.827. The van der Waals surface area contributed by atoms with Gasteiger partial charge in [0.15, 0.2) is 12.1 Å². The summed E-state index contributed by atoms with van der Waals surface area (Å²) >= 11 is 3.41. The van der Waals surface area contributed by atoms with Gasteiger partial charge in [-0.2, -0.15) is 0 Å². The van der Waals surface area contributed by atoms with E-state index in [2.05, 4.69) is 15.9 Å². The smallest absolute Gasteiger partial charge is 0.306 e. The lowest BCUT2D eigenvalue weighted by atomic mass is 9.82. The predicted molar refractivity (Wildman–Crippen MR) is 96.8 cm³/mol. The first-order valence-corrected chi connectivity index (χ1v) is 9.27. The van der Waals surface area contributed by atoms with Crippen LogP contribution >= 0.6 is 15.9 Å². The minimum absolute atomic E-state index is 0.291. The number of aliphatic carboxylic acids is 1. The van der Waals surface area contributed by atoms with Crippen LogP contribution in [0.4, 0.5) is 0 Å². The van der Waals surface area contributed by atoms with Gasteiger partial charge in [-0.3, -0.25) is 4.79 Å². The minimum Gasteiger partial charge on any atom is -0.481 e. The van der Waals surface area contributed by atoms with Gasteiger partial charge in [-0.15, -0.1) is 0 Å². The summed E-state index contributed by atoms with van der Waals surface area (Å²) < 4.78 is 18.8. The van der Waals surface area contributed by atoms with Crippen LogP contribution in [-0.2, 0) is 19.0 Å². The second-order valence-electron chi connectivity index (χ2n) is 6.91. The zero-order valence-electron chi connectivity index (χ0n) is 14.5. The van der Waals surface area contributed by atoms with Crippen molar-refractivity contribution < 1.29 is 24.1 Å². The second-order valence-corrected chi connectivity index (χ2v) is 7.83. The van der Waals surface area contributed by atoms with Gasteiger partial charge < -0.3 is 19.3 Å². The van der Waals surface area contributed by atoms with Crippen LogP contribution in [0.2, 0.25) is 0 Å². The van der Waals surface area contributed by atoms with Crippen LogP contribution in [0.3, 0.4) is 0 Å². The number of benzene rings is 1. The van der Waals surface area contributed by atoms with Gasteiger partial charge in [-0.1, -0.05) is 47.1 Å². The van der Waals surface area contributed by atoms with Crippen LogP contribution in [-0.4, -0.2) is 35.4 Å². The third-order valence-corrected chi connectivity index (χ3v) is 5.24. The molecule has 2 aliphatic rings. The maximum absolute atomic E-state index is 11.7. The van der Waals surface area contributed by atoms with E-state index in [0.29, 0.717) is 6.42 Å². The maximum atomic E-state index is 11.7. The number of rotatable bonds is 5. The summed E-state index contributed by atoms with van der Waals surface area (Å²) in [6, 6.07) is 7.89. The molecule has 5 atom stereocenters. The number of hydrogen-bond acceptors (Lipinski definition) is 4. The molecule has 0 saturated carbocycles. The highest BCUT2D eigenvalue weighted by Gasteiger charge is 2.57. The van der Waals surface area contributed by atoms with Crippen molar-refractivity contribution in [3.8, 4) is 0 Å². The average molecular weight is 411 g/mol. The van der Waals surface area contributed by atoms with E-state index < -0.39 is 24.0 Å². The Bertz CT molecular complexity index is 654. The lowest BCUT2D eigenvalue weighted by molar-refractivity contribution is -0.207. The molecule has 6 heteroatoms. The van der Waals surface area contributed by atoms with Crippen molar-refractivity contribution in [2.45, 2.75) is 51.5 Å². The molecule has 0 amide bonds. The van der Waals surface area contributed by atoms with E-state index in [0.717, 1.165) is 10.0 Å². The van der Waals surface area contributed by atoms with Gasteiger partial charge in [0, 0.05) is 10.4 Å². The molecule has 2 saturated heterocycles. The van der Waals surface area contributed by atoms with Crippen molar-refractivity contribution in [2.24, 2.45) is 11.8 Å². The highest BCUT2D eigenvalue weighted by Crippen LogP contribution is 2.45. The largest absolute Gasteiger partial charge is 0.481 e. The number of carboxylic acids is 1. The Kier molecular flexibility index (Phi) is 5.34. The normalized spacial score (nSPS) is 32.0. The fourth-order valence-electron chi connectivity index (χ4n) is 3.58. The van der Waals surface area contributed by atoms with Crippen molar-refractivity contribution in [3.63, 3.8) is 0 Å². The number of fused-ring (bicyclic) bond motifs is 1. The van der Waals surface area contributed by atoms with Crippen molar-refractivity contribution in [3.05, 3.63) is 40.4 Å². The van der Waals surface area contributed by atoms with E-state index in [1.54, 1.807) is 0 Å². The van der Waals surface area contributed by atoms with Crippen LogP contribution in [0.15, 0.2) is 34.8 Å². The first-order valence-electron chi connectivity index (χ1n) is 8.48. The fraction of sp³-hybridized carbons (Fsp3) is 0.526. The topological polar surface area (TPSA) is 65.0 Å². The summed E-state index contributed by atoms with van der Waals surface area (Å²) in [4.78, 5) is 11.7. The van der Waals surface area contributed by atoms with Gasteiger partial charge in [-0.25, -0.2) is 0 Å². The summed E-state index contributed by atoms with van der Waals surface area (Å²) in [5.74, 6) is -2.43. The average Bonchev–Trinajstić information content (AvgIpc) is 3.00. The molecular formula is C19H23BrO5. The van der Waals surface area contributed by atoms with Crippen molar-refractivity contribution in [1.82, 2.24) is 0 Å². The van der Waals surface area contributed by atoms with Gasteiger partial charge in [0.25, 0.3) is 0 Å². The number of carbonyl (C=O) groups is 1. The van der Waals surface area contributed by atoms with Crippen molar-refractivity contribution in [2.75, 3.05) is 0 Å². The number of hydrogen-bond donors (Lipinski definition) is 1. The van der Waals surface area contributed by atoms with E-state index in [9.17, 15) is 9.90 Å². The van der Waals surface area contributed by atoms with Crippen molar-refractivity contribution >= 4 is 28.0 Å². The number of ether oxygens (including phenoxy) is 3. The molecule has 2 fully saturated rings. The number of halogens is 1. The van der Waals surface area contributed by atoms with Gasteiger partial charge in [0.2, 0.25) is 0 Å². The summed E-state index contributed by atoms with van der Waals surface area (Å²) in [5, 5.41) is 9.64. The molecule has 3 rings (SSSR count). The summed E-state index contributed by atoms with van der Waals surface area (Å²) in [6.45, 7) is 5.52. The summed E-state index contributed by atoms with van der Waals surface area (Å²) in [7, 11) is 0. The molecule has 5 nitrogen and oxygen atoms in total. The predicted octanol–water partition coefficient (Wildman–Crippen LogP) is 4.07. The lowest BCUT2D eigenvalue weighted by Gasteiger charge is -2.27. The van der Waals surface area contributed by atoms with Gasteiger partial charge in [0.05, 0.1) is 12.0 Å². The second kappa shape index (κ2) is 7.19. The lowest BCUT2D eigenvalue weighted by Crippen LogP contribution is -2.37. The molecule has 1 aromatic carbocycles. The quantitative estimate of drug-likeness (QED) is 0.792. The monoisotopic (exact) mass is 410 g/mol. The molecule has 1 aromatic rings. The Morgan fingerprint density at radius 3 is 2.60 bits per heavy atom. The standard InChI is InChI=1S/C19H23BrO5/c1-4-13(17(21)22)15-14(10-7-11-5-8-12(20)9-6-11)23-18-16(15)24-19(2,3)25-18/h5-10,13-16,18H,4H2,1-3H3,(H,21,22)/t13?,14-,15+,16+,18+/m0/s1. The van der Waals surface area contributed by atoms with Crippen LogP contribution < -0.4 is 0 Å². The number of carboxylic acid groups (broad SMARTS) is 1. The van der Waals surface area contributed by atoms with Gasteiger partial charge >= 0.3 is 5.97 Å². The Labute approximate surface area is 156 Å². The molecule has 0 aromatic heterocycles. The van der Waals surface area contributed by atoms with E-state index in [1.807, 2.05) is 57.2 Å². The maximum Gasteiger partial charge on any atom is 0.306 e. The fourth-order valence-corrected chi connectivity index (χ4v) is 3.84. The van der Waals surface area contributed by atoms with Crippen LogP contribution in [0.1, 0.15) is 32.8 Å². The Morgan fingerprint density at radius 2 is 2.00 bits per heavy atom. The molecule has 0 spiro atoms. The molecule has 0 radical (unpaired) electrons. The first-order chi connectivity index (χ1) is 11.8. The molecule has 1 unspecified atom stereocenters. The molecular weight excluding hydrogens is 388 g/mol. The van der Waals surface area contributed by atoms with E-state index in [4.69, 9.17) is 14.2 Å². The van der Waals surface area contributed by atoms with Crippen LogP contribution in [0.5, 0.6) is 0 Å². The third kappa shape index (κ3) is 3.97. The highest BCUT2D eigenvalue weighted by molar-refractivity contribution is 9.10. The molecule has 2 aliphatic heterocycles. The van der Waals surface area contributed by atoms with Gasteiger partial charge in [0.1, 0.15) is 6.10 Å². The molecule has 0 aliphatic carbocycles. The van der Waals surface area contributed by atoms with Crippen molar-refractivity contribution in [1.29, 1.82) is 0 Å². The Balaban J connectivity index is 1.84. The summed E-state index contributed by atoms with van der Waals surface area (Å²) in [5.41, 5.74) is 1.02. The highest BCUT2D eigenvalue weighted by atomic mass is 79.9. The zero-order chi connectivity index (χ0) is 18.2. The Morgan fingerprint density at radius 1 is 1.32 bits per heavy atom. The van der Waals surface area contributed by atoms with E-state index in [1.165, 1.54) is 0 Å². The van der Waals surface area contributed by atoms with Gasteiger partial charge in [-0.05, 0) is 38.0 Å². The Hall–Kier alpha value is -1.21. The molecule has 0 bridgehead atoms. The van der Waals surface area contributed by atoms with E-state index >= 15 is 0 Å². The zero-order valence-corrected chi connectivity index (χ0v) is 16.1. The third-order valence-electron chi connectivity index (χ3n) is 4.71. The van der Waals surface area contributed by atoms with Crippen LogP contribution in [0.25, 0.3) is 6.08 Å². The van der Waals surface area contributed by atoms with E-state index in [-0.39, 0.29) is 18.1 Å². The van der Waals surface area contributed by atoms with Crippen LogP contribution in [0, 0.1) is 11.8 Å².